The highest BCUT2D eigenvalue weighted by Gasteiger charge is 2.13. The van der Waals surface area contributed by atoms with Crippen LogP contribution in [0, 0.1) is 0 Å². The molecule has 0 aliphatic carbocycles. The molecule has 0 amide bonds. The number of carbonyl (C=O) groups excluding carboxylic acids is 1. The maximum atomic E-state index is 12.3. The third-order valence-electron chi connectivity index (χ3n) is 2.98. The van der Waals surface area contributed by atoms with E-state index in [1.54, 1.807) is 19.2 Å². The van der Waals surface area contributed by atoms with Gasteiger partial charge in [0.15, 0.2) is 5.78 Å². The van der Waals surface area contributed by atoms with E-state index in [0.717, 1.165) is 6.42 Å². The first-order valence-corrected chi connectivity index (χ1v) is 6.03. The Kier molecular flexibility index (Phi) is 3.78. The van der Waals surface area contributed by atoms with Crippen LogP contribution >= 0.6 is 0 Å². The number of methoxy groups -OCH3 is 1. The quantitative estimate of drug-likeness (QED) is 0.765. The number of carbonyl (C=O) groups is 1. The third kappa shape index (κ3) is 2.43. The maximum absolute atomic E-state index is 12.3. The lowest BCUT2D eigenvalue weighted by molar-refractivity contribution is 0.103. The molecule has 0 saturated heterocycles. The molecule has 0 aliphatic heterocycles. The summed E-state index contributed by atoms with van der Waals surface area (Å²) in [6.45, 7) is 2.09. The molecule has 0 spiro atoms. The second-order valence-electron chi connectivity index (χ2n) is 4.08. The average Bonchev–Trinajstić information content (AvgIpc) is 2.46. The van der Waals surface area contributed by atoms with Gasteiger partial charge in [-0.1, -0.05) is 43.3 Å². The zero-order valence-electron chi connectivity index (χ0n) is 10.6. The molecule has 0 radical (unpaired) electrons. The number of rotatable bonds is 4. The van der Waals surface area contributed by atoms with E-state index in [1.807, 2.05) is 36.4 Å². The minimum Gasteiger partial charge on any atom is -0.496 e. The number of hydrogen-bond donors (Lipinski definition) is 0. The number of aryl methyl sites for hydroxylation is 1. The van der Waals surface area contributed by atoms with Crippen LogP contribution in [0.1, 0.15) is 28.4 Å². The molecular formula is C16H16O2. The van der Waals surface area contributed by atoms with Gasteiger partial charge in [0.2, 0.25) is 0 Å². The van der Waals surface area contributed by atoms with Crippen molar-refractivity contribution in [3.05, 3.63) is 65.2 Å². The fourth-order valence-corrected chi connectivity index (χ4v) is 1.88. The normalized spacial score (nSPS) is 10.1. The lowest BCUT2D eigenvalue weighted by atomic mass is 10.0. The molecule has 0 aliphatic rings. The highest BCUT2D eigenvalue weighted by Crippen LogP contribution is 2.21. The molecule has 0 saturated carbocycles. The van der Waals surface area contributed by atoms with Crippen molar-refractivity contribution in [2.24, 2.45) is 0 Å². The lowest BCUT2D eigenvalue weighted by Crippen LogP contribution is -2.03. The monoisotopic (exact) mass is 240 g/mol. The summed E-state index contributed by atoms with van der Waals surface area (Å²) in [5, 5.41) is 0. The third-order valence-corrected chi connectivity index (χ3v) is 2.98. The van der Waals surface area contributed by atoms with Crippen molar-refractivity contribution in [2.75, 3.05) is 7.11 Å². The Balaban J connectivity index is 2.35. The zero-order valence-corrected chi connectivity index (χ0v) is 10.6. The number of benzene rings is 2. The number of ether oxygens (including phenoxy) is 1. The predicted molar refractivity (Wildman–Crippen MR) is 72.2 cm³/mol. The molecule has 0 aromatic heterocycles. The van der Waals surface area contributed by atoms with Gasteiger partial charge in [-0.05, 0) is 24.1 Å². The summed E-state index contributed by atoms with van der Waals surface area (Å²) < 4.78 is 5.21. The standard InChI is InChI=1S/C16H16O2/c1-3-12-8-10-13(11-9-12)16(17)14-6-4-5-7-15(14)18-2/h4-11H,3H2,1-2H3. The van der Waals surface area contributed by atoms with Gasteiger partial charge < -0.3 is 4.74 Å². The second-order valence-corrected chi connectivity index (χ2v) is 4.08. The highest BCUT2D eigenvalue weighted by atomic mass is 16.5. The average molecular weight is 240 g/mol. The topological polar surface area (TPSA) is 26.3 Å². The first-order chi connectivity index (χ1) is 8.76. The molecule has 2 heteroatoms. The van der Waals surface area contributed by atoms with E-state index in [2.05, 4.69) is 6.92 Å². The summed E-state index contributed by atoms with van der Waals surface area (Å²) in [6, 6.07) is 15.0. The summed E-state index contributed by atoms with van der Waals surface area (Å²) >= 11 is 0. The molecule has 2 rings (SSSR count). The van der Waals surface area contributed by atoms with Crippen LogP contribution in [0.3, 0.4) is 0 Å². The van der Waals surface area contributed by atoms with Gasteiger partial charge in [-0.3, -0.25) is 4.79 Å². The van der Waals surface area contributed by atoms with Crippen molar-refractivity contribution in [1.82, 2.24) is 0 Å². The lowest BCUT2D eigenvalue weighted by Gasteiger charge is -2.07. The van der Waals surface area contributed by atoms with Gasteiger partial charge in [-0.15, -0.1) is 0 Å². The summed E-state index contributed by atoms with van der Waals surface area (Å²) in [5.74, 6) is 0.608. The Morgan fingerprint density at radius 2 is 1.72 bits per heavy atom. The summed E-state index contributed by atoms with van der Waals surface area (Å²) in [5.41, 5.74) is 2.52. The predicted octanol–water partition coefficient (Wildman–Crippen LogP) is 3.49. The van der Waals surface area contributed by atoms with Crippen LogP contribution in [-0.2, 0) is 6.42 Å². The van der Waals surface area contributed by atoms with Gasteiger partial charge >= 0.3 is 0 Å². The highest BCUT2D eigenvalue weighted by molar-refractivity contribution is 6.10. The van der Waals surface area contributed by atoms with Crippen LogP contribution in [0.25, 0.3) is 0 Å². The van der Waals surface area contributed by atoms with Crippen molar-refractivity contribution in [3.8, 4) is 5.75 Å². The van der Waals surface area contributed by atoms with Gasteiger partial charge in [0.25, 0.3) is 0 Å². The SMILES string of the molecule is CCc1ccc(C(=O)c2ccccc2OC)cc1. The van der Waals surface area contributed by atoms with Crippen LogP contribution in [0.2, 0.25) is 0 Å². The van der Waals surface area contributed by atoms with Crippen LogP contribution in [0.15, 0.2) is 48.5 Å². The van der Waals surface area contributed by atoms with Crippen molar-refractivity contribution in [3.63, 3.8) is 0 Å². The maximum Gasteiger partial charge on any atom is 0.196 e. The van der Waals surface area contributed by atoms with Gasteiger partial charge in [0.1, 0.15) is 5.75 Å². The van der Waals surface area contributed by atoms with E-state index in [4.69, 9.17) is 4.74 Å². The summed E-state index contributed by atoms with van der Waals surface area (Å²) in [6.07, 6.45) is 0.975. The molecule has 0 heterocycles. The van der Waals surface area contributed by atoms with Gasteiger partial charge in [0.05, 0.1) is 12.7 Å². The van der Waals surface area contributed by atoms with Crippen molar-refractivity contribution in [1.29, 1.82) is 0 Å². The molecule has 0 atom stereocenters. The zero-order chi connectivity index (χ0) is 13.0. The van der Waals surface area contributed by atoms with E-state index in [-0.39, 0.29) is 5.78 Å². The summed E-state index contributed by atoms with van der Waals surface area (Å²) in [4.78, 5) is 12.3. The Labute approximate surface area is 107 Å². The van der Waals surface area contributed by atoms with E-state index in [9.17, 15) is 4.79 Å². The molecule has 0 unspecified atom stereocenters. The van der Waals surface area contributed by atoms with Crippen LogP contribution in [-0.4, -0.2) is 12.9 Å². The van der Waals surface area contributed by atoms with Gasteiger partial charge in [0, 0.05) is 5.56 Å². The Morgan fingerprint density at radius 1 is 1.06 bits per heavy atom. The fraction of sp³-hybridized carbons (Fsp3) is 0.188. The molecular weight excluding hydrogens is 224 g/mol. The van der Waals surface area contributed by atoms with Crippen molar-refractivity contribution >= 4 is 5.78 Å². The molecule has 92 valence electrons. The van der Waals surface area contributed by atoms with E-state index in [0.29, 0.717) is 16.9 Å². The molecule has 0 fully saturated rings. The minimum absolute atomic E-state index is 0.00453. The Bertz CT molecular complexity index is 541. The Morgan fingerprint density at radius 3 is 2.33 bits per heavy atom. The van der Waals surface area contributed by atoms with Crippen LogP contribution < -0.4 is 4.74 Å². The first kappa shape index (κ1) is 12.4. The minimum atomic E-state index is -0.00453. The van der Waals surface area contributed by atoms with Crippen molar-refractivity contribution in [2.45, 2.75) is 13.3 Å². The molecule has 2 aromatic carbocycles. The fourth-order valence-electron chi connectivity index (χ4n) is 1.88. The largest absolute Gasteiger partial charge is 0.496 e. The number of ketones is 1. The van der Waals surface area contributed by atoms with E-state index >= 15 is 0 Å². The second kappa shape index (κ2) is 5.50. The van der Waals surface area contributed by atoms with Gasteiger partial charge in [-0.2, -0.15) is 0 Å². The van der Waals surface area contributed by atoms with Crippen LogP contribution in [0.4, 0.5) is 0 Å². The smallest absolute Gasteiger partial charge is 0.196 e. The molecule has 2 aromatic rings. The van der Waals surface area contributed by atoms with Crippen molar-refractivity contribution < 1.29 is 9.53 Å². The number of hydrogen-bond acceptors (Lipinski definition) is 2. The van der Waals surface area contributed by atoms with Crippen LogP contribution in [0.5, 0.6) is 5.75 Å². The van der Waals surface area contributed by atoms with Gasteiger partial charge in [-0.25, -0.2) is 0 Å². The molecule has 0 N–H and O–H groups in total. The Hall–Kier alpha value is -2.09. The molecule has 0 bridgehead atoms. The van der Waals surface area contributed by atoms with E-state index in [1.165, 1.54) is 5.56 Å². The molecule has 2 nitrogen and oxygen atoms in total. The first-order valence-electron chi connectivity index (χ1n) is 6.03. The van der Waals surface area contributed by atoms with E-state index < -0.39 is 0 Å². The summed E-state index contributed by atoms with van der Waals surface area (Å²) in [7, 11) is 1.58. The molecule has 18 heavy (non-hydrogen) atoms. The number of para-hydroxylation sites is 1.